The maximum Gasteiger partial charge on any atom is 0.250 e. The number of primary amides is 1. The summed E-state index contributed by atoms with van der Waals surface area (Å²) < 4.78 is 16.1. The second-order valence-corrected chi connectivity index (χ2v) is 5.93. The molecule has 3 aromatic rings. The molecule has 0 aliphatic rings. The Labute approximate surface area is 162 Å². The van der Waals surface area contributed by atoms with E-state index in [-0.39, 0.29) is 17.0 Å². The lowest BCUT2D eigenvalue weighted by Crippen LogP contribution is -2.14. The Morgan fingerprint density at radius 2 is 1.71 bits per heavy atom. The Kier molecular flexibility index (Phi) is 5.44. The van der Waals surface area contributed by atoms with E-state index < -0.39 is 5.91 Å². The average Bonchev–Trinajstić information content (AvgIpc) is 2.71. The zero-order valence-electron chi connectivity index (χ0n) is 15.8. The van der Waals surface area contributed by atoms with E-state index in [1.54, 1.807) is 36.4 Å². The van der Waals surface area contributed by atoms with E-state index in [4.69, 9.17) is 19.9 Å². The van der Waals surface area contributed by atoms with Crippen LogP contribution in [0, 0.1) is 0 Å². The van der Waals surface area contributed by atoms with Gasteiger partial charge in [-0.1, -0.05) is 12.1 Å². The highest BCUT2D eigenvalue weighted by Gasteiger charge is 2.21. The number of carbonyl (C=O) groups excluding carboxylic acids is 2. The van der Waals surface area contributed by atoms with Crippen molar-refractivity contribution in [2.24, 2.45) is 5.73 Å². The number of hydrogen-bond acceptors (Lipinski definition) is 6. The molecule has 7 heteroatoms. The molecule has 2 N–H and O–H groups in total. The second-order valence-electron chi connectivity index (χ2n) is 5.93. The van der Waals surface area contributed by atoms with Crippen molar-refractivity contribution in [1.29, 1.82) is 0 Å². The first-order valence-corrected chi connectivity index (χ1v) is 8.62. The molecule has 0 aliphatic heterocycles. The molecular weight excluding hydrogens is 360 g/mol. The molecule has 3 rings (SSSR count). The normalized spacial score (nSPS) is 10.5. The van der Waals surface area contributed by atoms with Crippen molar-refractivity contribution in [2.75, 3.05) is 20.8 Å². The minimum Gasteiger partial charge on any atom is -0.494 e. The molecule has 0 aliphatic carbocycles. The lowest BCUT2D eigenvalue weighted by molar-refractivity contribution is 0.0997. The molecule has 1 aromatic heterocycles. The lowest BCUT2D eigenvalue weighted by atomic mass is 9.98. The summed E-state index contributed by atoms with van der Waals surface area (Å²) in [5.74, 6) is 0.457. The van der Waals surface area contributed by atoms with E-state index in [0.29, 0.717) is 40.2 Å². The monoisotopic (exact) mass is 380 g/mol. The van der Waals surface area contributed by atoms with Crippen LogP contribution < -0.4 is 19.9 Å². The SMILES string of the molecule is CCOc1cccc(C(=O)c2ncc(C(N)=O)c3cc(OC)c(OC)cc23)c1. The van der Waals surface area contributed by atoms with Gasteiger partial charge in [-0.25, -0.2) is 0 Å². The minimum atomic E-state index is -0.651. The van der Waals surface area contributed by atoms with Crippen LogP contribution in [0.4, 0.5) is 0 Å². The number of rotatable bonds is 7. The van der Waals surface area contributed by atoms with Gasteiger partial charge in [0.25, 0.3) is 5.91 Å². The third-order valence-corrected chi connectivity index (χ3v) is 4.28. The van der Waals surface area contributed by atoms with E-state index in [1.165, 1.54) is 20.4 Å². The summed E-state index contributed by atoms with van der Waals surface area (Å²) in [5.41, 5.74) is 6.26. The fourth-order valence-electron chi connectivity index (χ4n) is 2.97. The maximum atomic E-state index is 13.1. The van der Waals surface area contributed by atoms with Gasteiger partial charge in [-0.2, -0.15) is 0 Å². The van der Waals surface area contributed by atoms with Crippen LogP contribution >= 0.6 is 0 Å². The van der Waals surface area contributed by atoms with Crippen molar-refractivity contribution in [3.05, 3.63) is 59.4 Å². The molecular formula is C21H20N2O5. The van der Waals surface area contributed by atoms with Gasteiger partial charge in [0.2, 0.25) is 5.78 Å². The van der Waals surface area contributed by atoms with Gasteiger partial charge in [0.1, 0.15) is 11.4 Å². The average molecular weight is 380 g/mol. The van der Waals surface area contributed by atoms with Crippen LogP contribution in [0.2, 0.25) is 0 Å². The quantitative estimate of drug-likeness (QED) is 0.633. The minimum absolute atomic E-state index is 0.176. The highest BCUT2D eigenvalue weighted by Crippen LogP contribution is 2.35. The summed E-state index contributed by atoms with van der Waals surface area (Å²) in [6.07, 6.45) is 1.30. The molecule has 7 nitrogen and oxygen atoms in total. The van der Waals surface area contributed by atoms with Crippen molar-refractivity contribution in [3.8, 4) is 17.2 Å². The molecule has 144 valence electrons. The van der Waals surface area contributed by atoms with Crippen LogP contribution in [-0.2, 0) is 0 Å². The molecule has 0 atom stereocenters. The van der Waals surface area contributed by atoms with Gasteiger partial charge in [0.05, 0.1) is 26.4 Å². The summed E-state index contributed by atoms with van der Waals surface area (Å²) in [6, 6.07) is 10.1. The van der Waals surface area contributed by atoms with Crippen LogP contribution in [0.1, 0.15) is 33.3 Å². The maximum absolute atomic E-state index is 13.1. The van der Waals surface area contributed by atoms with Crippen LogP contribution in [0.3, 0.4) is 0 Å². The van der Waals surface area contributed by atoms with Crippen LogP contribution in [0.25, 0.3) is 10.8 Å². The first kappa shape index (κ1) is 19.2. The fraction of sp³-hybridized carbons (Fsp3) is 0.190. The second kappa shape index (κ2) is 7.96. The van der Waals surface area contributed by atoms with E-state index in [1.807, 2.05) is 6.92 Å². The van der Waals surface area contributed by atoms with Gasteiger partial charge >= 0.3 is 0 Å². The molecule has 0 saturated heterocycles. The van der Waals surface area contributed by atoms with Gasteiger partial charge in [-0.15, -0.1) is 0 Å². The topological polar surface area (TPSA) is 101 Å². The molecule has 0 bridgehead atoms. The van der Waals surface area contributed by atoms with Crippen molar-refractivity contribution in [3.63, 3.8) is 0 Å². The van der Waals surface area contributed by atoms with E-state index in [0.717, 1.165) is 0 Å². The van der Waals surface area contributed by atoms with Crippen LogP contribution in [-0.4, -0.2) is 37.5 Å². The van der Waals surface area contributed by atoms with Crippen molar-refractivity contribution >= 4 is 22.5 Å². The summed E-state index contributed by atoms with van der Waals surface area (Å²) in [7, 11) is 2.97. The van der Waals surface area contributed by atoms with E-state index in [9.17, 15) is 9.59 Å². The largest absolute Gasteiger partial charge is 0.494 e. The number of aromatic nitrogens is 1. The zero-order chi connectivity index (χ0) is 20.3. The molecule has 28 heavy (non-hydrogen) atoms. The number of nitrogens with two attached hydrogens (primary N) is 1. The summed E-state index contributed by atoms with van der Waals surface area (Å²) >= 11 is 0. The lowest BCUT2D eigenvalue weighted by Gasteiger charge is -2.13. The van der Waals surface area contributed by atoms with E-state index >= 15 is 0 Å². The Balaban J connectivity index is 2.23. The first-order chi connectivity index (χ1) is 13.5. The fourth-order valence-corrected chi connectivity index (χ4v) is 2.97. The standard InChI is InChI=1S/C21H20N2O5/c1-4-28-13-7-5-6-12(8-13)20(24)19-15-10-18(27-3)17(26-2)9-14(15)16(11-23-19)21(22)25/h5-11H,4H2,1-3H3,(H2,22,25). The van der Waals surface area contributed by atoms with Gasteiger partial charge in [0.15, 0.2) is 11.5 Å². The van der Waals surface area contributed by atoms with Crippen LogP contribution in [0.5, 0.6) is 17.2 Å². The molecule has 0 radical (unpaired) electrons. The molecule has 0 spiro atoms. The number of fused-ring (bicyclic) bond motifs is 1. The number of benzene rings is 2. The molecule has 0 fully saturated rings. The summed E-state index contributed by atoms with van der Waals surface area (Å²) in [4.78, 5) is 29.2. The first-order valence-electron chi connectivity index (χ1n) is 8.62. The summed E-state index contributed by atoms with van der Waals surface area (Å²) in [6.45, 7) is 2.36. The molecule has 1 heterocycles. The van der Waals surface area contributed by atoms with Gasteiger partial charge in [0, 0.05) is 22.5 Å². The number of methoxy groups -OCH3 is 2. The molecule has 0 unspecified atom stereocenters. The number of hydrogen-bond donors (Lipinski definition) is 1. The number of nitrogens with zero attached hydrogens (tertiary/aromatic N) is 1. The highest BCUT2D eigenvalue weighted by atomic mass is 16.5. The van der Waals surface area contributed by atoms with Gasteiger partial charge in [-0.3, -0.25) is 14.6 Å². The molecule has 2 aromatic carbocycles. The Morgan fingerprint density at radius 3 is 2.32 bits per heavy atom. The highest BCUT2D eigenvalue weighted by molar-refractivity contribution is 6.18. The number of carbonyl (C=O) groups is 2. The number of ether oxygens (including phenoxy) is 3. The molecule has 0 saturated carbocycles. The number of pyridine rings is 1. The third kappa shape index (κ3) is 3.46. The van der Waals surface area contributed by atoms with Crippen molar-refractivity contribution in [1.82, 2.24) is 4.98 Å². The smallest absolute Gasteiger partial charge is 0.250 e. The number of ketones is 1. The van der Waals surface area contributed by atoms with Crippen LogP contribution in [0.15, 0.2) is 42.6 Å². The third-order valence-electron chi connectivity index (χ3n) is 4.28. The Hall–Kier alpha value is -3.61. The van der Waals surface area contributed by atoms with Crippen molar-refractivity contribution < 1.29 is 23.8 Å². The predicted octanol–water partition coefficient (Wildman–Crippen LogP) is 2.98. The Bertz CT molecular complexity index is 1060. The zero-order valence-corrected chi connectivity index (χ0v) is 15.8. The number of amides is 1. The Morgan fingerprint density at radius 1 is 1.04 bits per heavy atom. The summed E-state index contributed by atoms with van der Waals surface area (Å²) in [5, 5.41) is 0.908. The van der Waals surface area contributed by atoms with Gasteiger partial charge in [-0.05, 0) is 31.2 Å². The van der Waals surface area contributed by atoms with E-state index in [2.05, 4.69) is 4.98 Å². The predicted molar refractivity (Wildman–Crippen MR) is 104 cm³/mol. The molecule has 1 amide bonds. The van der Waals surface area contributed by atoms with Crippen molar-refractivity contribution in [2.45, 2.75) is 6.92 Å². The van der Waals surface area contributed by atoms with Gasteiger partial charge < -0.3 is 19.9 Å².